The summed E-state index contributed by atoms with van der Waals surface area (Å²) in [7, 11) is 0. The number of rotatable bonds is 5. The molecule has 0 amide bonds. The molecule has 2 aromatic carbocycles. The number of carboxylic acid groups (broad SMARTS) is 1. The average Bonchev–Trinajstić information content (AvgIpc) is 2.66. The average molecular weight is 380 g/mol. The summed E-state index contributed by atoms with van der Waals surface area (Å²) in [4.78, 5) is 30.1. The predicted molar refractivity (Wildman–Crippen MR) is 107 cm³/mol. The van der Waals surface area contributed by atoms with Crippen LogP contribution >= 0.6 is 0 Å². The summed E-state index contributed by atoms with van der Waals surface area (Å²) in [5.74, 6) is -0.328. The minimum Gasteiger partial charge on any atom is -0.493 e. The maximum absolute atomic E-state index is 11.9. The number of aromatic nitrogens is 2. The van der Waals surface area contributed by atoms with Crippen molar-refractivity contribution in [3.63, 3.8) is 0 Å². The van der Waals surface area contributed by atoms with Gasteiger partial charge in [-0.15, -0.1) is 0 Å². The highest BCUT2D eigenvalue weighted by atomic mass is 16.5. The summed E-state index contributed by atoms with van der Waals surface area (Å²) in [6.07, 6.45) is 0. The van der Waals surface area contributed by atoms with Crippen LogP contribution in [0.25, 0.3) is 22.5 Å². The highest BCUT2D eigenvalue weighted by Gasteiger charge is 2.16. The fraction of sp³-hybridized carbons (Fsp3) is 0.150. The van der Waals surface area contributed by atoms with Gasteiger partial charge in [-0.3, -0.25) is 4.79 Å². The van der Waals surface area contributed by atoms with Gasteiger partial charge in [0, 0.05) is 0 Å². The van der Waals surface area contributed by atoms with E-state index in [0.29, 0.717) is 23.5 Å². The number of nitrogens with one attached hydrogen (secondary N) is 1. The third kappa shape index (κ3) is 3.39. The second-order valence-corrected chi connectivity index (χ2v) is 6.14. The number of carboxylic acids is 1. The first kappa shape index (κ1) is 19.0. The van der Waals surface area contributed by atoms with Crippen molar-refractivity contribution in [3.05, 3.63) is 57.9 Å². The number of nitrogens with two attached hydrogens (primary N) is 2. The number of aromatic carboxylic acids is 1. The maximum Gasteiger partial charge on any atom is 0.335 e. The quantitative estimate of drug-likeness (QED) is 0.532. The Kier molecular flexibility index (Phi) is 5.04. The molecular formula is C20H20N4O4. The predicted octanol–water partition coefficient (Wildman–Crippen LogP) is 2.67. The van der Waals surface area contributed by atoms with Crippen LogP contribution in [0.5, 0.6) is 5.75 Å². The summed E-state index contributed by atoms with van der Waals surface area (Å²) in [5, 5.41) is 9.35. The molecule has 0 radical (unpaired) electrons. The molecule has 144 valence electrons. The molecule has 6 N–H and O–H groups in total. The zero-order valence-electron chi connectivity index (χ0n) is 15.4. The van der Waals surface area contributed by atoms with Crippen LogP contribution in [-0.4, -0.2) is 27.7 Å². The Balaban J connectivity index is 2.17. The Labute approximate surface area is 160 Å². The number of ether oxygens (including phenoxy) is 1. The Morgan fingerprint density at radius 2 is 1.96 bits per heavy atom. The molecule has 0 saturated carbocycles. The van der Waals surface area contributed by atoms with Crippen LogP contribution in [-0.2, 0) is 0 Å². The number of hydrogen-bond acceptors (Lipinski definition) is 6. The molecule has 0 aliphatic carbocycles. The molecule has 0 atom stereocenters. The SMILES string of the molecule is CCOc1cc(-c2cccc(C(=O)O)c2C)ccc1-c1nc(N)c(N)c(=O)[nH]1. The minimum absolute atomic E-state index is 0.0599. The van der Waals surface area contributed by atoms with Crippen LogP contribution in [0.15, 0.2) is 41.2 Å². The number of nitrogen functional groups attached to an aromatic ring is 2. The first-order valence-corrected chi connectivity index (χ1v) is 8.59. The topological polar surface area (TPSA) is 144 Å². The molecule has 8 heteroatoms. The van der Waals surface area contributed by atoms with E-state index in [1.807, 2.05) is 13.0 Å². The first-order valence-electron chi connectivity index (χ1n) is 8.59. The second kappa shape index (κ2) is 7.43. The van der Waals surface area contributed by atoms with Crippen LogP contribution < -0.4 is 21.8 Å². The highest BCUT2D eigenvalue weighted by molar-refractivity contribution is 5.92. The summed E-state index contributed by atoms with van der Waals surface area (Å²) in [6, 6.07) is 10.4. The van der Waals surface area contributed by atoms with Gasteiger partial charge in [0.1, 0.15) is 17.3 Å². The molecule has 3 aromatic rings. The number of aromatic amines is 1. The lowest BCUT2D eigenvalue weighted by Gasteiger charge is -2.14. The number of carbonyl (C=O) groups is 1. The fourth-order valence-corrected chi connectivity index (χ4v) is 2.97. The van der Waals surface area contributed by atoms with E-state index >= 15 is 0 Å². The Hall–Kier alpha value is -3.81. The van der Waals surface area contributed by atoms with Crippen LogP contribution in [0.4, 0.5) is 11.5 Å². The third-order valence-corrected chi connectivity index (χ3v) is 4.40. The van der Waals surface area contributed by atoms with Crippen LogP contribution in [0.1, 0.15) is 22.8 Å². The molecule has 28 heavy (non-hydrogen) atoms. The lowest BCUT2D eigenvalue weighted by Crippen LogP contribution is -2.17. The van der Waals surface area contributed by atoms with Crippen LogP contribution in [0.2, 0.25) is 0 Å². The fourth-order valence-electron chi connectivity index (χ4n) is 2.97. The van der Waals surface area contributed by atoms with Crippen molar-refractivity contribution in [1.82, 2.24) is 9.97 Å². The van der Waals surface area contributed by atoms with E-state index in [1.165, 1.54) is 0 Å². The Morgan fingerprint density at radius 3 is 2.61 bits per heavy atom. The van der Waals surface area contributed by atoms with Gasteiger partial charge in [0.2, 0.25) is 0 Å². The molecule has 0 saturated heterocycles. The molecule has 0 unspecified atom stereocenters. The Morgan fingerprint density at radius 1 is 1.21 bits per heavy atom. The van der Waals surface area contributed by atoms with E-state index in [-0.39, 0.29) is 22.9 Å². The van der Waals surface area contributed by atoms with E-state index in [9.17, 15) is 14.7 Å². The molecule has 0 aliphatic rings. The van der Waals surface area contributed by atoms with Gasteiger partial charge < -0.3 is 26.3 Å². The molecule has 0 bridgehead atoms. The van der Waals surface area contributed by atoms with Crippen LogP contribution in [0.3, 0.4) is 0 Å². The van der Waals surface area contributed by atoms with Crippen molar-refractivity contribution in [3.8, 4) is 28.3 Å². The van der Waals surface area contributed by atoms with Crippen molar-refractivity contribution >= 4 is 17.5 Å². The molecule has 1 aromatic heterocycles. The van der Waals surface area contributed by atoms with E-state index in [1.54, 1.807) is 37.3 Å². The van der Waals surface area contributed by atoms with Crippen molar-refractivity contribution < 1.29 is 14.6 Å². The lowest BCUT2D eigenvalue weighted by molar-refractivity contribution is 0.0696. The van der Waals surface area contributed by atoms with Crippen LogP contribution in [0, 0.1) is 6.92 Å². The smallest absolute Gasteiger partial charge is 0.335 e. The van der Waals surface area contributed by atoms with Crippen molar-refractivity contribution in [2.45, 2.75) is 13.8 Å². The normalized spacial score (nSPS) is 10.6. The summed E-state index contributed by atoms with van der Waals surface area (Å²) in [6.45, 7) is 3.98. The van der Waals surface area contributed by atoms with Gasteiger partial charge in [0.05, 0.1) is 17.7 Å². The lowest BCUT2D eigenvalue weighted by atomic mass is 9.95. The monoisotopic (exact) mass is 380 g/mol. The van der Waals surface area contributed by atoms with Gasteiger partial charge in [-0.25, -0.2) is 9.78 Å². The number of nitrogens with zero attached hydrogens (tertiary/aromatic N) is 1. The van der Waals surface area contributed by atoms with Gasteiger partial charge in [0.25, 0.3) is 5.56 Å². The molecule has 0 spiro atoms. The second-order valence-electron chi connectivity index (χ2n) is 6.14. The molecular weight excluding hydrogens is 360 g/mol. The zero-order chi connectivity index (χ0) is 20.4. The molecule has 1 heterocycles. The van der Waals surface area contributed by atoms with Gasteiger partial charge in [-0.05, 0) is 48.7 Å². The summed E-state index contributed by atoms with van der Waals surface area (Å²) in [5.41, 5.74) is 13.6. The Bertz CT molecular complexity index is 1120. The van der Waals surface area contributed by atoms with Gasteiger partial charge in [-0.2, -0.15) is 0 Å². The number of hydrogen-bond donors (Lipinski definition) is 4. The van der Waals surface area contributed by atoms with E-state index in [0.717, 1.165) is 11.1 Å². The van der Waals surface area contributed by atoms with Gasteiger partial charge in [0.15, 0.2) is 5.82 Å². The molecule has 0 aliphatic heterocycles. The molecule has 8 nitrogen and oxygen atoms in total. The van der Waals surface area contributed by atoms with E-state index < -0.39 is 11.5 Å². The summed E-state index contributed by atoms with van der Waals surface area (Å²) >= 11 is 0. The van der Waals surface area contributed by atoms with Crippen molar-refractivity contribution in [1.29, 1.82) is 0 Å². The third-order valence-electron chi connectivity index (χ3n) is 4.40. The van der Waals surface area contributed by atoms with Gasteiger partial charge >= 0.3 is 5.97 Å². The zero-order valence-corrected chi connectivity index (χ0v) is 15.4. The van der Waals surface area contributed by atoms with Crippen molar-refractivity contribution in [2.75, 3.05) is 18.1 Å². The highest BCUT2D eigenvalue weighted by Crippen LogP contribution is 2.34. The summed E-state index contributed by atoms with van der Waals surface area (Å²) < 4.78 is 5.73. The van der Waals surface area contributed by atoms with E-state index in [2.05, 4.69) is 9.97 Å². The number of benzene rings is 2. The minimum atomic E-state index is -0.986. The van der Waals surface area contributed by atoms with E-state index in [4.69, 9.17) is 16.2 Å². The number of anilines is 2. The molecule has 3 rings (SSSR count). The molecule has 0 fully saturated rings. The maximum atomic E-state index is 11.9. The standard InChI is InChI=1S/C20H20N4O4/c1-3-28-15-9-11(12-5-4-6-13(10(12)2)20(26)27)7-8-14(15)18-23-17(22)16(21)19(25)24-18/h4-9H,3,21H2,1-2H3,(H,26,27)(H3,22,23,24,25). The largest absolute Gasteiger partial charge is 0.493 e. The number of H-pyrrole nitrogens is 1. The first-order chi connectivity index (χ1) is 13.3. The van der Waals surface area contributed by atoms with Crippen molar-refractivity contribution in [2.24, 2.45) is 0 Å². The van der Waals surface area contributed by atoms with Gasteiger partial charge in [-0.1, -0.05) is 18.2 Å².